The third-order valence-electron chi connectivity index (χ3n) is 5.33. The van der Waals surface area contributed by atoms with Crippen molar-refractivity contribution in [3.05, 3.63) is 66.7 Å². The van der Waals surface area contributed by atoms with Crippen LogP contribution in [0.2, 0.25) is 0 Å². The van der Waals surface area contributed by atoms with Crippen molar-refractivity contribution in [2.75, 3.05) is 6.61 Å². The average molecular weight is 510 g/mol. The Morgan fingerprint density at radius 1 is 1.17 bits per heavy atom. The average Bonchev–Trinajstić information content (AvgIpc) is 3.39. The van der Waals surface area contributed by atoms with Crippen LogP contribution in [0.15, 0.2) is 40.1 Å². The van der Waals surface area contributed by atoms with E-state index in [0.29, 0.717) is 6.42 Å². The number of thiazole rings is 1. The molecule has 186 valence electrons. The highest BCUT2D eigenvalue weighted by atomic mass is 32.1. The van der Waals surface area contributed by atoms with Gasteiger partial charge in [0, 0.05) is 44.2 Å². The number of alkyl halides is 3. The number of imidazole rings is 1. The zero-order valence-electron chi connectivity index (χ0n) is 18.9. The minimum absolute atomic E-state index is 0.00137. The smallest absolute Gasteiger partial charge is 0.416 e. The predicted molar refractivity (Wildman–Crippen MR) is 123 cm³/mol. The van der Waals surface area contributed by atoms with Crippen LogP contribution in [0.1, 0.15) is 21.9 Å². The number of aliphatic hydroxyl groups is 1. The Balaban J connectivity index is 1.85. The van der Waals surface area contributed by atoms with Crippen molar-refractivity contribution in [2.24, 2.45) is 7.05 Å². The summed E-state index contributed by atoms with van der Waals surface area (Å²) >= 11 is 1.48. The third kappa shape index (κ3) is 5.00. The summed E-state index contributed by atoms with van der Waals surface area (Å²) in [5, 5.41) is 9.95. The van der Waals surface area contributed by atoms with E-state index in [1.807, 2.05) is 6.92 Å². The van der Waals surface area contributed by atoms with E-state index in [2.05, 4.69) is 9.97 Å². The Bertz CT molecular complexity index is 1490. The molecule has 0 aliphatic heterocycles. The minimum atomic E-state index is -4.56. The van der Waals surface area contributed by atoms with E-state index in [1.165, 1.54) is 39.7 Å². The number of nitrogens with zero attached hydrogens (tertiary/aromatic N) is 5. The van der Waals surface area contributed by atoms with Crippen LogP contribution in [0.25, 0.3) is 11.2 Å². The number of aryl methyl sites for hydroxylation is 4. The van der Waals surface area contributed by atoms with Gasteiger partial charge in [-0.1, -0.05) is 6.07 Å². The van der Waals surface area contributed by atoms with E-state index in [1.54, 1.807) is 6.20 Å². The molecule has 0 amide bonds. The molecule has 0 saturated carbocycles. The number of rotatable bonds is 8. The minimum Gasteiger partial charge on any atom is -0.425 e. The van der Waals surface area contributed by atoms with Gasteiger partial charge in [0.05, 0.1) is 10.6 Å². The molecule has 3 aromatic heterocycles. The van der Waals surface area contributed by atoms with E-state index < -0.39 is 23.0 Å². The van der Waals surface area contributed by atoms with Gasteiger partial charge in [0.15, 0.2) is 11.2 Å². The van der Waals surface area contributed by atoms with Gasteiger partial charge in [0.2, 0.25) is 0 Å². The Hall–Kier alpha value is -3.45. The second-order valence-electron chi connectivity index (χ2n) is 7.84. The van der Waals surface area contributed by atoms with E-state index >= 15 is 0 Å². The first-order valence-corrected chi connectivity index (χ1v) is 11.5. The summed E-state index contributed by atoms with van der Waals surface area (Å²) in [6.07, 6.45) is -2.24. The van der Waals surface area contributed by atoms with Crippen molar-refractivity contribution in [1.29, 1.82) is 0 Å². The van der Waals surface area contributed by atoms with Crippen LogP contribution in [0, 0.1) is 6.92 Å². The highest BCUT2D eigenvalue weighted by Crippen LogP contribution is 2.33. The molecule has 0 aliphatic carbocycles. The molecular weight excluding hydrogens is 487 g/mol. The highest BCUT2D eigenvalue weighted by Gasteiger charge is 2.31. The molecule has 0 atom stereocenters. The molecule has 0 fully saturated rings. The van der Waals surface area contributed by atoms with E-state index in [4.69, 9.17) is 9.84 Å². The van der Waals surface area contributed by atoms with Gasteiger partial charge >= 0.3 is 17.9 Å². The van der Waals surface area contributed by atoms with Gasteiger partial charge in [-0.2, -0.15) is 18.2 Å². The molecule has 0 spiro atoms. The second kappa shape index (κ2) is 9.66. The van der Waals surface area contributed by atoms with Crippen LogP contribution in [0.3, 0.4) is 0 Å². The number of halogens is 3. The molecule has 9 nitrogen and oxygen atoms in total. The topological polar surface area (TPSA) is 104 Å². The lowest BCUT2D eigenvalue weighted by Crippen LogP contribution is -2.40. The van der Waals surface area contributed by atoms with Crippen LogP contribution in [0.4, 0.5) is 13.2 Å². The first kappa shape index (κ1) is 24.7. The zero-order valence-corrected chi connectivity index (χ0v) is 19.7. The summed E-state index contributed by atoms with van der Waals surface area (Å²) in [7, 11) is 1.44. The number of fused-ring (bicyclic) bond motifs is 1. The van der Waals surface area contributed by atoms with Gasteiger partial charge in [-0.3, -0.25) is 18.5 Å². The van der Waals surface area contributed by atoms with Crippen molar-refractivity contribution < 1.29 is 23.0 Å². The van der Waals surface area contributed by atoms with Crippen LogP contribution in [-0.2, 0) is 32.7 Å². The lowest BCUT2D eigenvalue weighted by atomic mass is 10.2. The first-order chi connectivity index (χ1) is 16.6. The lowest BCUT2D eigenvalue weighted by molar-refractivity contribution is -0.137. The van der Waals surface area contributed by atoms with Crippen molar-refractivity contribution in [3.8, 4) is 11.8 Å². The summed E-state index contributed by atoms with van der Waals surface area (Å²) in [6.45, 7) is 1.88. The summed E-state index contributed by atoms with van der Waals surface area (Å²) < 4.78 is 48.9. The van der Waals surface area contributed by atoms with Crippen LogP contribution in [-0.4, -0.2) is 35.4 Å². The largest absolute Gasteiger partial charge is 0.425 e. The molecule has 0 saturated heterocycles. The normalized spacial score (nSPS) is 11.9. The SMILES string of the molecule is Cc1cnc(CCn2c(Oc3cccc(C(F)(F)F)c3)nc3c2c(=O)n(CCCO)c(=O)n3C)s1. The zero-order chi connectivity index (χ0) is 25.3. The van der Waals surface area contributed by atoms with Gasteiger partial charge in [-0.15, -0.1) is 11.3 Å². The molecule has 4 rings (SSSR count). The van der Waals surface area contributed by atoms with Crippen molar-refractivity contribution >= 4 is 22.5 Å². The van der Waals surface area contributed by atoms with Gasteiger partial charge < -0.3 is 9.84 Å². The second-order valence-corrected chi connectivity index (χ2v) is 9.16. The maximum absolute atomic E-state index is 13.3. The predicted octanol–water partition coefficient (Wildman–Crippen LogP) is 3.10. The van der Waals surface area contributed by atoms with Crippen LogP contribution >= 0.6 is 11.3 Å². The molecule has 3 heterocycles. The molecular formula is C22H22F3N5O4S. The molecule has 0 radical (unpaired) electrons. The maximum Gasteiger partial charge on any atom is 0.416 e. The molecule has 0 aliphatic rings. The lowest BCUT2D eigenvalue weighted by Gasteiger charge is -2.12. The van der Waals surface area contributed by atoms with Crippen molar-refractivity contribution in [2.45, 2.75) is 39.0 Å². The van der Waals surface area contributed by atoms with Crippen molar-refractivity contribution in [1.82, 2.24) is 23.7 Å². The Labute approximate surface area is 200 Å². The third-order valence-corrected chi connectivity index (χ3v) is 6.30. The maximum atomic E-state index is 13.3. The number of hydrogen-bond acceptors (Lipinski definition) is 7. The summed E-state index contributed by atoms with van der Waals surface area (Å²) in [5.41, 5.74) is -2.03. The van der Waals surface area contributed by atoms with E-state index in [9.17, 15) is 22.8 Å². The molecule has 13 heteroatoms. The van der Waals surface area contributed by atoms with Crippen LogP contribution < -0.4 is 16.0 Å². The summed E-state index contributed by atoms with van der Waals surface area (Å²) in [4.78, 5) is 35.7. The van der Waals surface area contributed by atoms with Crippen LogP contribution in [0.5, 0.6) is 11.8 Å². The number of aromatic nitrogens is 5. The standard InChI is InChI=1S/C22H22F3N5O4S/c1-13-12-26-16(35-13)7-9-29-17-18(28(2)21(33)30(19(17)32)8-4-10-31)27-20(29)34-15-6-3-5-14(11-15)22(23,24)25/h3,5-6,11-12,31H,4,7-10H2,1-2H3. The summed E-state index contributed by atoms with van der Waals surface area (Å²) in [6, 6.07) is 4.19. The van der Waals surface area contributed by atoms with E-state index in [0.717, 1.165) is 26.6 Å². The van der Waals surface area contributed by atoms with Gasteiger partial charge in [0.1, 0.15) is 5.75 Å². The summed E-state index contributed by atoms with van der Waals surface area (Å²) in [5.74, 6) is -0.118. The fraction of sp³-hybridized carbons (Fsp3) is 0.364. The van der Waals surface area contributed by atoms with Crippen molar-refractivity contribution in [3.63, 3.8) is 0 Å². The highest BCUT2D eigenvalue weighted by molar-refractivity contribution is 7.11. The number of benzene rings is 1. The fourth-order valence-corrected chi connectivity index (χ4v) is 4.40. The monoisotopic (exact) mass is 509 g/mol. The van der Waals surface area contributed by atoms with Gasteiger partial charge in [-0.05, 0) is 31.5 Å². The molecule has 1 N–H and O–H groups in total. The quantitative estimate of drug-likeness (QED) is 0.392. The van der Waals surface area contributed by atoms with Gasteiger partial charge in [-0.25, -0.2) is 9.78 Å². The number of aliphatic hydroxyl groups excluding tert-OH is 1. The Morgan fingerprint density at radius 3 is 2.60 bits per heavy atom. The molecule has 1 aromatic carbocycles. The van der Waals surface area contributed by atoms with Gasteiger partial charge in [0.25, 0.3) is 5.56 Å². The number of ether oxygens (including phenoxy) is 1. The fourth-order valence-electron chi connectivity index (χ4n) is 3.63. The molecule has 35 heavy (non-hydrogen) atoms. The Kier molecular flexibility index (Phi) is 6.81. The molecule has 0 bridgehead atoms. The first-order valence-electron chi connectivity index (χ1n) is 10.7. The number of hydrogen-bond donors (Lipinski definition) is 1. The molecule has 4 aromatic rings. The van der Waals surface area contributed by atoms with E-state index in [-0.39, 0.29) is 49.0 Å². The Morgan fingerprint density at radius 2 is 1.94 bits per heavy atom. The molecule has 0 unspecified atom stereocenters.